The lowest BCUT2D eigenvalue weighted by Gasteiger charge is -1.99. The summed E-state index contributed by atoms with van der Waals surface area (Å²) in [7, 11) is 0. The number of non-ortho nitro benzene ring substituents is 1. The molecule has 0 atom stereocenters. The molecule has 9 nitrogen and oxygen atoms in total. The maximum absolute atomic E-state index is 11.1. The highest BCUT2D eigenvalue weighted by Crippen LogP contribution is 2.36. The molecule has 2 aromatic carbocycles. The summed E-state index contributed by atoms with van der Waals surface area (Å²) in [6.07, 6.45) is 0.441. The highest BCUT2D eigenvalue weighted by molar-refractivity contribution is 7.99. The van der Waals surface area contributed by atoms with Crippen molar-refractivity contribution < 1.29 is 14.3 Å². The fourth-order valence-corrected chi connectivity index (χ4v) is 2.85. The highest BCUT2D eigenvalue weighted by atomic mass is 32.2. The van der Waals surface area contributed by atoms with Crippen LogP contribution in [0.1, 0.15) is 11.5 Å². The number of benzene rings is 2. The zero-order valence-corrected chi connectivity index (χ0v) is 13.4. The summed E-state index contributed by atoms with van der Waals surface area (Å²) < 4.78 is 5.49. The van der Waals surface area contributed by atoms with Gasteiger partial charge >= 0.3 is 0 Å². The second-order valence-electron chi connectivity index (χ2n) is 4.89. The number of nitro benzene ring substituents is 2. The van der Waals surface area contributed by atoms with Gasteiger partial charge in [0.15, 0.2) is 0 Å². The van der Waals surface area contributed by atoms with Crippen LogP contribution in [0.15, 0.2) is 63.1 Å². The van der Waals surface area contributed by atoms with Crippen LogP contribution in [0.2, 0.25) is 0 Å². The first kappa shape index (κ1) is 16.6. The van der Waals surface area contributed by atoms with Gasteiger partial charge in [-0.2, -0.15) is 0 Å². The standard InChI is InChI=1S/C15H10N4O5S/c20-18(21)11-6-7-13(12(9-11)19(22)23)25-15-17-16-14(24-15)8-10-4-2-1-3-5-10/h1-7,9H,8H2. The first-order chi connectivity index (χ1) is 12.0. The van der Waals surface area contributed by atoms with Gasteiger partial charge in [0.2, 0.25) is 5.89 Å². The Hall–Kier alpha value is -3.27. The molecule has 0 radical (unpaired) electrons. The van der Waals surface area contributed by atoms with E-state index < -0.39 is 9.85 Å². The molecule has 10 heteroatoms. The van der Waals surface area contributed by atoms with Crippen LogP contribution in [0, 0.1) is 20.2 Å². The van der Waals surface area contributed by atoms with E-state index in [2.05, 4.69) is 10.2 Å². The normalized spacial score (nSPS) is 10.6. The summed E-state index contributed by atoms with van der Waals surface area (Å²) in [5, 5.41) is 29.8. The maximum Gasteiger partial charge on any atom is 0.290 e. The Morgan fingerprint density at radius 2 is 1.76 bits per heavy atom. The van der Waals surface area contributed by atoms with Crippen LogP contribution in [0.5, 0.6) is 0 Å². The van der Waals surface area contributed by atoms with Crippen LogP contribution in [0.25, 0.3) is 0 Å². The number of nitro groups is 2. The molecule has 3 aromatic rings. The van der Waals surface area contributed by atoms with E-state index in [-0.39, 0.29) is 21.5 Å². The van der Waals surface area contributed by atoms with Crippen molar-refractivity contribution in [2.24, 2.45) is 0 Å². The lowest BCUT2D eigenvalue weighted by Crippen LogP contribution is -1.94. The average Bonchev–Trinajstić information content (AvgIpc) is 3.02. The molecule has 126 valence electrons. The Kier molecular flexibility index (Phi) is 4.70. The summed E-state index contributed by atoms with van der Waals surface area (Å²) >= 11 is 0.890. The van der Waals surface area contributed by atoms with E-state index >= 15 is 0 Å². The Balaban J connectivity index is 1.81. The summed E-state index contributed by atoms with van der Waals surface area (Å²) in [6.45, 7) is 0. The second-order valence-corrected chi connectivity index (χ2v) is 5.89. The van der Waals surface area contributed by atoms with Crippen LogP contribution in [-0.2, 0) is 6.42 Å². The van der Waals surface area contributed by atoms with E-state index in [1.165, 1.54) is 12.1 Å². The SMILES string of the molecule is O=[N+]([O-])c1ccc(Sc2nnc(Cc3ccccc3)o2)c([N+](=O)[O-])c1. The monoisotopic (exact) mass is 358 g/mol. The van der Waals surface area contributed by atoms with Gasteiger partial charge in [-0.3, -0.25) is 20.2 Å². The molecule has 0 unspecified atom stereocenters. The molecule has 0 aliphatic heterocycles. The van der Waals surface area contributed by atoms with E-state index in [9.17, 15) is 20.2 Å². The molecule has 0 N–H and O–H groups in total. The minimum Gasteiger partial charge on any atom is -0.415 e. The predicted molar refractivity (Wildman–Crippen MR) is 87.4 cm³/mol. The van der Waals surface area contributed by atoms with E-state index in [1.807, 2.05) is 30.3 Å². The average molecular weight is 358 g/mol. The molecule has 1 aromatic heterocycles. The third-order valence-electron chi connectivity index (χ3n) is 3.19. The van der Waals surface area contributed by atoms with Crippen LogP contribution >= 0.6 is 11.8 Å². The zero-order valence-electron chi connectivity index (χ0n) is 12.6. The summed E-state index contributed by atoms with van der Waals surface area (Å²) in [5.41, 5.74) is 0.248. The first-order valence-electron chi connectivity index (χ1n) is 7.00. The highest BCUT2D eigenvalue weighted by Gasteiger charge is 2.22. The fraction of sp³-hybridized carbons (Fsp3) is 0.0667. The quantitative estimate of drug-likeness (QED) is 0.483. The molecule has 25 heavy (non-hydrogen) atoms. The Morgan fingerprint density at radius 3 is 2.44 bits per heavy atom. The Bertz CT molecular complexity index is 929. The number of hydrogen-bond acceptors (Lipinski definition) is 8. The van der Waals surface area contributed by atoms with Crippen molar-refractivity contribution in [1.82, 2.24) is 10.2 Å². The maximum atomic E-state index is 11.1. The van der Waals surface area contributed by atoms with Crippen molar-refractivity contribution in [3.8, 4) is 0 Å². The lowest BCUT2D eigenvalue weighted by atomic mass is 10.2. The van der Waals surface area contributed by atoms with Gasteiger partial charge in [0, 0.05) is 6.07 Å². The van der Waals surface area contributed by atoms with Crippen LogP contribution in [0.4, 0.5) is 11.4 Å². The third kappa shape index (κ3) is 3.98. The minimum absolute atomic E-state index is 0.128. The minimum atomic E-state index is -0.688. The number of hydrogen-bond donors (Lipinski definition) is 0. The second kappa shape index (κ2) is 7.09. The molecule has 0 aliphatic carbocycles. The van der Waals surface area contributed by atoms with Crippen molar-refractivity contribution >= 4 is 23.1 Å². The Labute approximate surface area is 145 Å². The number of aromatic nitrogens is 2. The molecule has 1 heterocycles. The largest absolute Gasteiger partial charge is 0.415 e. The number of nitrogens with zero attached hydrogens (tertiary/aromatic N) is 4. The lowest BCUT2D eigenvalue weighted by molar-refractivity contribution is -0.396. The molecule has 0 amide bonds. The molecular weight excluding hydrogens is 348 g/mol. The van der Waals surface area contributed by atoms with Crippen molar-refractivity contribution in [3.05, 3.63) is 80.2 Å². The third-order valence-corrected chi connectivity index (χ3v) is 4.10. The van der Waals surface area contributed by atoms with Gasteiger partial charge in [0.05, 0.1) is 27.2 Å². The molecule has 0 bridgehead atoms. The Morgan fingerprint density at radius 1 is 1.00 bits per heavy atom. The van der Waals surface area contributed by atoms with Crippen molar-refractivity contribution in [1.29, 1.82) is 0 Å². The van der Waals surface area contributed by atoms with Gasteiger partial charge in [0.25, 0.3) is 16.6 Å². The zero-order chi connectivity index (χ0) is 17.8. The van der Waals surface area contributed by atoms with Gasteiger partial charge in [-0.05, 0) is 23.4 Å². The number of rotatable bonds is 6. The van der Waals surface area contributed by atoms with E-state index in [0.29, 0.717) is 12.3 Å². The van der Waals surface area contributed by atoms with E-state index in [1.54, 1.807) is 0 Å². The summed E-state index contributed by atoms with van der Waals surface area (Å²) in [4.78, 5) is 20.7. The van der Waals surface area contributed by atoms with E-state index in [4.69, 9.17) is 4.42 Å². The molecule has 0 saturated heterocycles. The first-order valence-corrected chi connectivity index (χ1v) is 7.81. The summed E-state index contributed by atoms with van der Waals surface area (Å²) in [5.74, 6) is 0.373. The van der Waals surface area contributed by atoms with Gasteiger partial charge < -0.3 is 4.42 Å². The predicted octanol–water partition coefficient (Wildman–Crippen LogP) is 3.63. The summed E-state index contributed by atoms with van der Waals surface area (Å²) in [6, 6.07) is 12.9. The van der Waals surface area contributed by atoms with Crippen LogP contribution in [0.3, 0.4) is 0 Å². The fourth-order valence-electron chi connectivity index (χ4n) is 2.06. The molecule has 3 rings (SSSR count). The molecule has 0 saturated carbocycles. The molecule has 0 spiro atoms. The van der Waals surface area contributed by atoms with Crippen LogP contribution in [-0.4, -0.2) is 20.0 Å². The molecular formula is C15H10N4O5S. The van der Waals surface area contributed by atoms with Gasteiger partial charge in [0.1, 0.15) is 0 Å². The smallest absolute Gasteiger partial charge is 0.290 e. The van der Waals surface area contributed by atoms with Gasteiger partial charge in [-0.15, -0.1) is 10.2 Å². The van der Waals surface area contributed by atoms with Crippen molar-refractivity contribution in [3.63, 3.8) is 0 Å². The van der Waals surface area contributed by atoms with E-state index in [0.717, 1.165) is 23.4 Å². The topological polar surface area (TPSA) is 125 Å². The molecule has 0 aliphatic rings. The van der Waals surface area contributed by atoms with Gasteiger partial charge in [-0.25, -0.2) is 0 Å². The van der Waals surface area contributed by atoms with Crippen molar-refractivity contribution in [2.45, 2.75) is 16.5 Å². The van der Waals surface area contributed by atoms with Crippen molar-refractivity contribution in [2.75, 3.05) is 0 Å². The van der Waals surface area contributed by atoms with Gasteiger partial charge in [-0.1, -0.05) is 30.3 Å². The van der Waals surface area contributed by atoms with Crippen LogP contribution < -0.4 is 0 Å². The molecule has 0 fully saturated rings.